The van der Waals surface area contributed by atoms with E-state index >= 15 is 0 Å². The maximum absolute atomic E-state index is 13.8. The Hall–Kier alpha value is -2.01. The van der Waals surface area contributed by atoms with E-state index in [1.807, 2.05) is 0 Å². The zero-order valence-corrected chi connectivity index (χ0v) is 11.6. The highest BCUT2D eigenvalue weighted by molar-refractivity contribution is 5.47. The number of halogens is 3. The van der Waals surface area contributed by atoms with E-state index in [9.17, 15) is 18.3 Å². The molecule has 2 aromatic carbocycles. The van der Waals surface area contributed by atoms with Crippen LogP contribution < -0.4 is 4.90 Å². The Morgan fingerprint density at radius 1 is 1.00 bits per heavy atom. The van der Waals surface area contributed by atoms with E-state index < -0.39 is 23.6 Å². The van der Waals surface area contributed by atoms with Crippen molar-refractivity contribution in [1.82, 2.24) is 0 Å². The van der Waals surface area contributed by atoms with Gasteiger partial charge in [0, 0.05) is 18.7 Å². The van der Waals surface area contributed by atoms with Gasteiger partial charge in [0.15, 0.2) is 11.6 Å². The summed E-state index contributed by atoms with van der Waals surface area (Å²) >= 11 is 0. The molecule has 0 saturated carbocycles. The molecular weight excluding hydrogens is 279 g/mol. The van der Waals surface area contributed by atoms with E-state index in [0.717, 1.165) is 6.07 Å². The third kappa shape index (κ3) is 3.36. The van der Waals surface area contributed by atoms with Crippen molar-refractivity contribution in [1.29, 1.82) is 0 Å². The topological polar surface area (TPSA) is 23.5 Å². The molecule has 0 bridgehead atoms. The van der Waals surface area contributed by atoms with Gasteiger partial charge in [-0.15, -0.1) is 0 Å². The van der Waals surface area contributed by atoms with Crippen LogP contribution in [0, 0.1) is 17.5 Å². The number of hydrogen-bond donors (Lipinski definition) is 1. The summed E-state index contributed by atoms with van der Waals surface area (Å²) in [7, 11) is 0. The molecule has 0 aromatic heterocycles. The second-order valence-electron chi connectivity index (χ2n) is 4.65. The predicted molar refractivity (Wildman–Crippen MR) is 75.6 cm³/mol. The molecule has 21 heavy (non-hydrogen) atoms. The van der Waals surface area contributed by atoms with Crippen LogP contribution in [0.15, 0.2) is 42.5 Å². The zero-order valence-electron chi connectivity index (χ0n) is 11.6. The molecule has 0 aliphatic rings. The molecule has 1 N–H and O–H groups in total. The van der Waals surface area contributed by atoms with Crippen molar-refractivity contribution < 1.29 is 18.3 Å². The first-order chi connectivity index (χ1) is 10.0. The summed E-state index contributed by atoms with van der Waals surface area (Å²) in [6, 6.07) is 9.76. The van der Waals surface area contributed by atoms with Gasteiger partial charge >= 0.3 is 0 Å². The summed E-state index contributed by atoms with van der Waals surface area (Å²) in [4.78, 5) is 1.57. The van der Waals surface area contributed by atoms with Gasteiger partial charge in [-0.05, 0) is 25.1 Å². The Morgan fingerprint density at radius 2 is 1.67 bits per heavy atom. The number of rotatable bonds is 5. The van der Waals surface area contributed by atoms with Gasteiger partial charge in [0.05, 0.1) is 11.8 Å². The molecule has 2 aromatic rings. The first-order valence-corrected chi connectivity index (χ1v) is 6.66. The predicted octanol–water partition coefficient (Wildman–Crippen LogP) is 3.66. The van der Waals surface area contributed by atoms with Crippen molar-refractivity contribution in [3.63, 3.8) is 0 Å². The third-order valence-electron chi connectivity index (χ3n) is 3.31. The number of anilines is 1. The highest BCUT2D eigenvalue weighted by Gasteiger charge is 2.19. The van der Waals surface area contributed by atoms with Gasteiger partial charge in [-0.3, -0.25) is 0 Å². The van der Waals surface area contributed by atoms with Gasteiger partial charge in [-0.25, -0.2) is 13.2 Å². The highest BCUT2D eigenvalue weighted by Crippen LogP contribution is 2.24. The van der Waals surface area contributed by atoms with Crippen molar-refractivity contribution in [2.45, 2.75) is 13.0 Å². The average molecular weight is 295 g/mol. The Morgan fingerprint density at radius 3 is 2.33 bits per heavy atom. The molecular formula is C16H16F3NO. The summed E-state index contributed by atoms with van der Waals surface area (Å²) in [6.45, 7) is 2.19. The number of para-hydroxylation sites is 1. The second kappa shape index (κ2) is 6.63. The SMILES string of the molecule is CCN(CC(O)c1cccc(F)c1F)c1ccccc1F. The van der Waals surface area contributed by atoms with Crippen molar-refractivity contribution >= 4 is 5.69 Å². The van der Waals surface area contributed by atoms with Crippen LogP contribution in [-0.4, -0.2) is 18.2 Å². The Balaban J connectivity index is 2.23. The molecule has 112 valence electrons. The number of aliphatic hydroxyl groups is 1. The summed E-state index contributed by atoms with van der Waals surface area (Å²) in [6.07, 6.45) is -1.25. The highest BCUT2D eigenvalue weighted by atomic mass is 19.2. The van der Waals surface area contributed by atoms with Crippen LogP contribution in [-0.2, 0) is 0 Å². The lowest BCUT2D eigenvalue weighted by Crippen LogP contribution is -2.29. The average Bonchev–Trinajstić information content (AvgIpc) is 2.48. The Bertz CT molecular complexity index is 618. The lowest BCUT2D eigenvalue weighted by Gasteiger charge is -2.26. The zero-order chi connectivity index (χ0) is 15.4. The largest absolute Gasteiger partial charge is 0.386 e. The lowest BCUT2D eigenvalue weighted by atomic mass is 10.1. The molecule has 2 rings (SSSR count). The van der Waals surface area contributed by atoms with E-state index in [4.69, 9.17) is 0 Å². The summed E-state index contributed by atoms with van der Waals surface area (Å²) in [5.74, 6) is -2.51. The molecule has 0 spiro atoms. The van der Waals surface area contributed by atoms with Gasteiger partial charge in [0.2, 0.25) is 0 Å². The van der Waals surface area contributed by atoms with Crippen LogP contribution in [0.1, 0.15) is 18.6 Å². The summed E-state index contributed by atoms with van der Waals surface area (Å²) in [5.41, 5.74) is 0.181. The first-order valence-electron chi connectivity index (χ1n) is 6.66. The molecule has 1 atom stereocenters. The van der Waals surface area contributed by atoms with E-state index in [0.29, 0.717) is 12.2 Å². The van der Waals surface area contributed by atoms with Crippen LogP contribution >= 0.6 is 0 Å². The molecule has 0 radical (unpaired) electrons. The fraction of sp³-hybridized carbons (Fsp3) is 0.250. The van der Waals surface area contributed by atoms with Gasteiger partial charge in [-0.2, -0.15) is 0 Å². The Kier molecular flexibility index (Phi) is 4.85. The molecule has 0 aliphatic carbocycles. The molecule has 0 heterocycles. The minimum atomic E-state index is -1.25. The fourth-order valence-electron chi connectivity index (χ4n) is 2.19. The number of benzene rings is 2. The van der Waals surface area contributed by atoms with Crippen molar-refractivity contribution in [3.05, 3.63) is 65.5 Å². The van der Waals surface area contributed by atoms with Crippen molar-refractivity contribution in [2.24, 2.45) is 0 Å². The van der Waals surface area contributed by atoms with Crippen molar-refractivity contribution in [2.75, 3.05) is 18.0 Å². The monoisotopic (exact) mass is 295 g/mol. The third-order valence-corrected chi connectivity index (χ3v) is 3.31. The van der Waals surface area contributed by atoms with E-state index in [-0.39, 0.29) is 12.1 Å². The van der Waals surface area contributed by atoms with E-state index in [1.54, 1.807) is 30.0 Å². The lowest BCUT2D eigenvalue weighted by molar-refractivity contribution is 0.177. The van der Waals surface area contributed by atoms with E-state index in [1.165, 1.54) is 18.2 Å². The van der Waals surface area contributed by atoms with Crippen LogP contribution in [0.25, 0.3) is 0 Å². The molecule has 1 unspecified atom stereocenters. The van der Waals surface area contributed by atoms with Crippen molar-refractivity contribution in [3.8, 4) is 0 Å². The number of aliphatic hydroxyl groups excluding tert-OH is 1. The number of hydrogen-bond acceptors (Lipinski definition) is 2. The van der Waals surface area contributed by atoms with Gasteiger partial charge in [-0.1, -0.05) is 24.3 Å². The quantitative estimate of drug-likeness (QED) is 0.910. The standard InChI is InChI=1S/C16H16F3NO/c1-2-20(14-9-4-3-7-12(14)17)10-15(21)11-6-5-8-13(18)16(11)19/h3-9,15,21H,2,10H2,1H3. The molecule has 0 aliphatic heterocycles. The van der Waals surface area contributed by atoms with Gasteiger partial charge < -0.3 is 10.0 Å². The van der Waals surface area contributed by atoms with Crippen LogP contribution in [0.5, 0.6) is 0 Å². The first kappa shape index (κ1) is 15.4. The van der Waals surface area contributed by atoms with Crippen LogP contribution in [0.3, 0.4) is 0 Å². The second-order valence-corrected chi connectivity index (χ2v) is 4.65. The van der Waals surface area contributed by atoms with Crippen LogP contribution in [0.2, 0.25) is 0 Å². The minimum absolute atomic E-state index is 0.0300. The van der Waals surface area contributed by atoms with Crippen LogP contribution in [0.4, 0.5) is 18.9 Å². The number of nitrogens with zero attached hydrogens (tertiary/aromatic N) is 1. The summed E-state index contributed by atoms with van der Waals surface area (Å²) in [5, 5.41) is 10.1. The van der Waals surface area contributed by atoms with Gasteiger partial charge in [0.25, 0.3) is 0 Å². The number of likely N-dealkylation sites (N-methyl/N-ethyl adjacent to an activating group) is 1. The maximum atomic E-state index is 13.8. The molecule has 0 amide bonds. The normalized spacial score (nSPS) is 12.2. The fourth-order valence-corrected chi connectivity index (χ4v) is 2.19. The summed E-state index contributed by atoms with van der Waals surface area (Å²) < 4.78 is 40.6. The Labute approximate surface area is 121 Å². The molecule has 5 heteroatoms. The molecule has 0 saturated heterocycles. The maximum Gasteiger partial charge on any atom is 0.164 e. The van der Waals surface area contributed by atoms with E-state index in [2.05, 4.69) is 0 Å². The van der Waals surface area contributed by atoms with Gasteiger partial charge in [0.1, 0.15) is 5.82 Å². The molecule has 0 fully saturated rings. The smallest absolute Gasteiger partial charge is 0.164 e. The molecule has 2 nitrogen and oxygen atoms in total. The minimum Gasteiger partial charge on any atom is -0.386 e.